The van der Waals surface area contributed by atoms with E-state index in [1.165, 1.54) is 72.8 Å². The molecule has 21 heavy (non-hydrogen) atoms. The van der Waals surface area contributed by atoms with Crippen LogP contribution in [0.15, 0.2) is 42.5 Å². The van der Waals surface area contributed by atoms with E-state index in [1.54, 1.807) is 0 Å². The molecule has 2 aromatic carbocycles. The highest BCUT2D eigenvalue weighted by atomic mass is 14.2. The number of hydrogen-bond donors (Lipinski definition) is 0. The van der Waals surface area contributed by atoms with Gasteiger partial charge in [0.2, 0.25) is 0 Å². The van der Waals surface area contributed by atoms with Gasteiger partial charge in [-0.1, -0.05) is 74.6 Å². The van der Waals surface area contributed by atoms with E-state index in [9.17, 15) is 0 Å². The zero-order valence-electron chi connectivity index (χ0n) is 12.8. The Morgan fingerprint density at radius 2 is 1.62 bits per heavy atom. The fraction of sp³-hybridized carbons (Fsp3) is 0.429. The van der Waals surface area contributed by atoms with Crippen LogP contribution in [-0.4, -0.2) is 0 Å². The van der Waals surface area contributed by atoms with Crippen LogP contribution in [-0.2, 0) is 12.8 Å². The number of benzene rings is 2. The molecule has 2 aromatic rings. The summed E-state index contributed by atoms with van der Waals surface area (Å²) in [4.78, 5) is 0. The molecule has 2 aliphatic carbocycles. The Balaban J connectivity index is 1.51. The van der Waals surface area contributed by atoms with Crippen LogP contribution < -0.4 is 0 Å². The van der Waals surface area contributed by atoms with Crippen molar-refractivity contribution in [1.82, 2.24) is 0 Å². The van der Waals surface area contributed by atoms with Crippen LogP contribution in [0.4, 0.5) is 0 Å². The summed E-state index contributed by atoms with van der Waals surface area (Å²) in [5.41, 5.74) is 7.50. The highest BCUT2D eigenvalue weighted by Gasteiger charge is 2.18. The van der Waals surface area contributed by atoms with Crippen LogP contribution in [0.2, 0.25) is 0 Å². The number of fused-ring (bicyclic) bond motifs is 3. The SMILES string of the molecule is c1ccc2c(c1)Cc1ccc(CCC3CCCCC3)cc1-2. The highest BCUT2D eigenvalue weighted by Crippen LogP contribution is 2.37. The van der Waals surface area contributed by atoms with E-state index in [2.05, 4.69) is 42.5 Å². The second-order valence-corrected chi connectivity index (χ2v) is 6.87. The zero-order valence-corrected chi connectivity index (χ0v) is 12.8. The van der Waals surface area contributed by atoms with Crippen molar-refractivity contribution in [2.45, 2.75) is 51.4 Å². The third kappa shape index (κ3) is 2.64. The average Bonchev–Trinajstić information content (AvgIpc) is 2.92. The molecule has 1 fully saturated rings. The molecule has 1 saturated carbocycles. The Hall–Kier alpha value is -1.56. The molecule has 0 radical (unpaired) electrons. The molecule has 0 spiro atoms. The lowest BCUT2D eigenvalue weighted by molar-refractivity contribution is 0.339. The molecule has 0 saturated heterocycles. The maximum atomic E-state index is 2.46. The van der Waals surface area contributed by atoms with Crippen molar-refractivity contribution < 1.29 is 0 Å². The second kappa shape index (κ2) is 5.67. The quantitative estimate of drug-likeness (QED) is 0.569. The molecular formula is C21H24. The predicted molar refractivity (Wildman–Crippen MR) is 89.6 cm³/mol. The second-order valence-electron chi connectivity index (χ2n) is 6.87. The minimum Gasteiger partial charge on any atom is -0.0619 e. The molecule has 0 atom stereocenters. The van der Waals surface area contributed by atoms with Gasteiger partial charge < -0.3 is 0 Å². The lowest BCUT2D eigenvalue weighted by Crippen LogP contribution is -2.07. The summed E-state index contributed by atoms with van der Waals surface area (Å²) in [5.74, 6) is 0.985. The lowest BCUT2D eigenvalue weighted by Gasteiger charge is -2.21. The average molecular weight is 276 g/mol. The molecule has 108 valence electrons. The molecule has 0 unspecified atom stereocenters. The van der Waals surface area contributed by atoms with Gasteiger partial charge in [0.15, 0.2) is 0 Å². The number of hydrogen-bond acceptors (Lipinski definition) is 0. The molecule has 4 rings (SSSR count). The molecule has 0 amide bonds. The van der Waals surface area contributed by atoms with Crippen molar-refractivity contribution >= 4 is 0 Å². The first kappa shape index (κ1) is 13.1. The zero-order chi connectivity index (χ0) is 14.1. The van der Waals surface area contributed by atoms with Crippen LogP contribution in [0.5, 0.6) is 0 Å². The summed E-state index contributed by atoms with van der Waals surface area (Å²) >= 11 is 0. The van der Waals surface area contributed by atoms with E-state index >= 15 is 0 Å². The standard InChI is InChI=1S/C21H24/c1-2-6-16(7-3-1)10-11-17-12-13-19-15-18-8-4-5-9-20(18)21(19)14-17/h4-5,8-9,12-14,16H,1-3,6-7,10-11,15H2. The van der Waals surface area contributed by atoms with Gasteiger partial charge in [-0.05, 0) is 53.0 Å². The third-order valence-corrected chi connectivity index (χ3v) is 5.43. The molecule has 0 aromatic heterocycles. The van der Waals surface area contributed by atoms with Crippen LogP contribution in [0.1, 0.15) is 55.2 Å². The highest BCUT2D eigenvalue weighted by molar-refractivity contribution is 5.77. The summed E-state index contributed by atoms with van der Waals surface area (Å²) in [6, 6.07) is 16.1. The monoisotopic (exact) mass is 276 g/mol. The predicted octanol–water partition coefficient (Wildman–Crippen LogP) is 5.77. The first-order valence-corrected chi connectivity index (χ1v) is 8.60. The third-order valence-electron chi connectivity index (χ3n) is 5.43. The number of aryl methyl sites for hydroxylation is 1. The lowest BCUT2D eigenvalue weighted by atomic mass is 9.85. The van der Waals surface area contributed by atoms with Crippen molar-refractivity contribution in [3.05, 3.63) is 59.2 Å². The minimum absolute atomic E-state index is 0.985. The molecule has 0 heteroatoms. The van der Waals surface area contributed by atoms with Crippen LogP contribution in [0, 0.1) is 5.92 Å². The van der Waals surface area contributed by atoms with Gasteiger partial charge in [0.25, 0.3) is 0 Å². The minimum atomic E-state index is 0.985. The maximum absolute atomic E-state index is 2.46. The van der Waals surface area contributed by atoms with E-state index in [0.29, 0.717) is 0 Å². The van der Waals surface area contributed by atoms with Gasteiger partial charge in [-0.3, -0.25) is 0 Å². The Bertz CT molecular complexity index is 632. The van der Waals surface area contributed by atoms with Gasteiger partial charge in [-0.15, -0.1) is 0 Å². The first-order chi connectivity index (χ1) is 10.4. The Morgan fingerprint density at radius 3 is 2.52 bits per heavy atom. The van der Waals surface area contributed by atoms with Crippen molar-refractivity contribution in [3.63, 3.8) is 0 Å². The van der Waals surface area contributed by atoms with Crippen LogP contribution >= 0.6 is 0 Å². The molecule has 2 aliphatic rings. The molecule has 0 nitrogen and oxygen atoms in total. The van der Waals surface area contributed by atoms with Gasteiger partial charge in [0.05, 0.1) is 0 Å². The molecule has 0 bridgehead atoms. The summed E-state index contributed by atoms with van der Waals surface area (Å²) in [5, 5.41) is 0. The Morgan fingerprint density at radius 1 is 0.810 bits per heavy atom. The van der Waals surface area contributed by atoms with E-state index in [4.69, 9.17) is 0 Å². The van der Waals surface area contributed by atoms with Gasteiger partial charge in [-0.2, -0.15) is 0 Å². The van der Waals surface area contributed by atoms with Crippen molar-refractivity contribution in [1.29, 1.82) is 0 Å². The Labute approximate surface area is 128 Å². The normalized spacial score (nSPS) is 17.5. The van der Waals surface area contributed by atoms with Gasteiger partial charge in [0, 0.05) is 0 Å². The smallest absolute Gasteiger partial charge is 0.00135 e. The molecular weight excluding hydrogens is 252 g/mol. The topological polar surface area (TPSA) is 0 Å². The summed E-state index contributed by atoms with van der Waals surface area (Å²) in [6.45, 7) is 0. The fourth-order valence-corrected chi connectivity index (χ4v) is 4.17. The van der Waals surface area contributed by atoms with Crippen LogP contribution in [0.3, 0.4) is 0 Å². The van der Waals surface area contributed by atoms with Gasteiger partial charge in [-0.25, -0.2) is 0 Å². The van der Waals surface area contributed by atoms with E-state index in [-0.39, 0.29) is 0 Å². The molecule has 0 heterocycles. The number of rotatable bonds is 3. The van der Waals surface area contributed by atoms with Crippen LogP contribution in [0.25, 0.3) is 11.1 Å². The summed E-state index contributed by atoms with van der Waals surface area (Å²) in [6.07, 6.45) is 11.1. The van der Waals surface area contributed by atoms with Crippen molar-refractivity contribution in [2.75, 3.05) is 0 Å². The van der Waals surface area contributed by atoms with Crippen molar-refractivity contribution in [3.8, 4) is 11.1 Å². The Kier molecular flexibility index (Phi) is 3.55. The molecule has 0 N–H and O–H groups in total. The summed E-state index contributed by atoms with van der Waals surface area (Å²) in [7, 11) is 0. The van der Waals surface area contributed by atoms with Gasteiger partial charge >= 0.3 is 0 Å². The van der Waals surface area contributed by atoms with E-state index < -0.39 is 0 Å². The first-order valence-electron chi connectivity index (χ1n) is 8.60. The van der Waals surface area contributed by atoms with Gasteiger partial charge in [0.1, 0.15) is 0 Å². The van der Waals surface area contributed by atoms with E-state index in [0.717, 1.165) is 12.3 Å². The largest absolute Gasteiger partial charge is 0.0619 e. The van der Waals surface area contributed by atoms with Crippen molar-refractivity contribution in [2.24, 2.45) is 5.92 Å². The fourth-order valence-electron chi connectivity index (χ4n) is 4.17. The molecule has 0 aliphatic heterocycles. The maximum Gasteiger partial charge on any atom is -0.00135 e. The van der Waals surface area contributed by atoms with E-state index in [1.807, 2.05) is 0 Å². The summed E-state index contributed by atoms with van der Waals surface area (Å²) < 4.78 is 0.